The van der Waals surface area contributed by atoms with Crippen LogP contribution in [0, 0.1) is 6.92 Å². The molecule has 1 aromatic heterocycles. The zero-order valence-corrected chi connectivity index (χ0v) is 18.8. The number of ether oxygens (including phenoxy) is 1. The van der Waals surface area contributed by atoms with Crippen molar-refractivity contribution in [3.63, 3.8) is 0 Å². The van der Waals surface area contributed by atoms with Crippen LogP contribution in [0.25, 0.3) is 16.7 Å². The molecule has 2 heterocycles. The number of likely N-dealkylation sites (N-methyl/N-ethyl adjacent to an activating group) is 1. The van der Waals surface area contributed by atoms with Gasteiger partial charge < -0.3 is 9.64 Å². The molecule has 0 saturated carbocycles. The summed E-state index contributed by atoms with van der Waals surface area (Å²) < 4.78 is 30.7. The number of carbonyl (C=O) groups is 2. The molecule has 0 spiro atoms. The number of carbonyl (C=O) groups excluding carboxylic acids is 2. The molecule has 1 amide bonds. The standard InChI is InChI=1S/C23H25N3O5S/c1-3-25(19-11-12-32(29,30)15-19)22(27)14-31-23(28)17-9-10-21-20(13-17)24-16(2)26(21)18-7-5-4-6-8-18/h4-10,13,19H,3,11-12,14-15H2,1-2H3. The van der Waals surface area contributed by atoms with Crippen molar-refractivity contribution in [2.45, 2.75) is 26.3 Å². The van der Waals surface area contributed by atoms with E-state index in [0.29, 0.717) is 24.0 Å². The first-order valence-corrected chi connectivity index (χ1v) is 12.3. The van der Waals surface area contributed by atoms with Crippen molar-refractivity contribution < 1.29 is 22.7 Å². The Hall–Kier alpha value is -3.20. The third-order valence-corrected chi connectivity index (χ3v) is 7.46. The van der Waals surface area contributed by atoms with Gasteiger partial charge in [0.2, 0.25) is 0 Å². The molecule has 32 heavy (non-hydrogen) atoms. The Kier molecular flexibility index (Phi) is 6.01. The van der Waals surface area contributed by atoms with Crippen molar-refractivity contribution in [2.24, 2.45) is 0 Å². The molecule has 0 aliphatic carbocycles. The molecule has 0 bridgehead atoms. The highest BCUT2D eigenvalue weighted by Crippen LogP contribution is 2.23. The third kappa shape index (κ3) is 4.38. The number of benzene rings is 2. The van der Waals surface area contributed by atoms with E-state index in [4.69, 9.17) is 4.74 Å². The van der Waals surface area contributed by atoms with Crippen molar-refractivity contribution in [3.05, 3.63) is 59.9 Å². The first kappa shape index (κ1) is 22.0. The summed E-state index contributed by atoms with van der Waals surface area (Å²) in [6.07, 6.45) is 0.413. The Morgan fingerprint density at radius 3 is 2.59 bits per heavy atom. The summed E-state index contributed by atoms with van der Waals surface area (Å²) in [5.41, 5.74) is 2.79. The average Bonchev–Trinajstić information content (AvgIpc) is 3.30. The number of fused-ring (bicyclic) bond motifs is 1. The van der Waals surface area contributed by atoms with Crippen molar-refractivity contribution in [3.8, 4) is 5.69 Å². The SMILES string of the molecule is CCN(C(=O)COC(=O)c1ccc2c(c1)nc(C)n2-c1ccccc1)C1CCS(=O)(=O)C1. The van der Waals surface area contributed by atoms with Crippen LogP contribution in [0.1, 0.15) is 29.5 Å². The van der Waals surface area contributed by atoms with E-state index in [0.717, 1.165) is 17.0 Å². The lowest BCUT2D eigenvalue weighted by Crippen LogP contribution is -2.43. The Labute approximate surface area is 186 Å². The van der Waals surface area contributed by atoms with E-state index in [1.807, 2.05) is 47.9 Å². The number of imidazole rings is 1. The molecular formula is C23H25N3O5S. The number of aromatic nitrogens is 2. The maximum absolute atomic E-state index is 12.6. The van der Waals surface area contributed by atoms with Gasteiger partial charge in [-0.1, -0.05) is 18.2 Å². The van der Waals surface area contributed by atoms with Crippen LogP contribution in [-0.2, 0) is 19.4 Å². The highest BCUT2D eigenvalue weighted by atomic mass is 32.2. The van der Waals surface area contributed by atoms with Crippen molar-refractivity contribution >= 4 is 32.7 Å². The number of nitrogens with zero attached hydrogens (tertiary/aromatic N) is 3. The van der Waals surface area contributed by atoms with Crippen molar-refractivity contribution in [2.75, 3.05) is 24.7 Å². The number of esters is 1. The molecule has 3 aromatic rings. The normalized spacial score (nSPS) is 17.4. The third-order valence-electron chi connectivity index (χ3n) is 5.71. The number of hydrogen-bond acceptors (Lipinski definition) is 6. The van der Waals surface area contributed by atoms with Gasteiger partial charge in [-0.15, -0.1) is 0 Å². The fourth-order valence-corrected chi connectivity index (χ4v) is 5.91. The van der Waals surface area contributed by atoms with Gasteiger partial charge in [0, 0.05) is 18.3 Å². The van der Waals surface area contributed by atoms with Gasteiger partial charge in [0.1, 0.15) is 5.82 Å². The molecule has 4 rings (SSSR count). The van der Waals surface area contributed by atoms with Gasteiger partial charge in [-0.05, 0) is 50.6 Å². The molecule has 1 aliphatic heterocycles. The van der Waals surface area contributed by atoms with Crippen LogP contribution >= 0.6 is 0 Å². The second-order valence-corrected chi connectivity index (χ2v) is 10.1. The zero-order chi connectivity index (χ0) is 22.9. The molecule has 2 aromatic carbocycles. The van der Waals surface area contributed by atoms with E-state index >= 15 is 0 Å². The number of sulfone groups is 1. The summed E-state index contributed by atoms with van der Waals surface area (Å²) in [4.78, 5) is 31.2. The first-order chi connectivity index (χ1) is 15.3. The largest absolute Gasteiger partial charge is 0.452 e. The summed E-state index contributed by atoms with van der Waals surface area (Å²) in [5, 5.41) is 0. The maximum atomic E-state index is 12.6. The quantitative estimate of drug-likeness (QED) is 0.530. The number of amides is 1. The van der Waals surface area contributed by atoms with Crippen LogP contribution in [0.3, 0.4) is 0 Å². The zero-order valence-electron chi connectivity index (χ0n) is 18.0. The Morgan fingerprint density at radius 2 is 1.94 bits per heavy atom. The minimum absolute atomic E-state index is 0.0411. The van der Waals surface area contributed by atoms with Crippen LogP contribution in [0.5, 0.6) is 0 Å². The van der Waals surface area contributed by atoms with Crippen molar-refractivity contribution in [1.29, 1.82) is 0 Å². The Morgan fingerprint density at radius 1 is 1.19 bits per heavy atom. The number of para-hydroxylation sites is 1. The van der Waals surface area contributed by atoms with Crippen LogP contribution in [0.2, 0.25) is 0 Å². The molecule has 1 unspecified atom stereocenters. The lowest BCUT2D eigenvalue weighted by molar-refractivity contribution is -0.136. The minimum atomic E-state index is -3.11. The first-order valence-electron chi connectivity index (χ1n) is 10.5. The lowest BCUT2D eigenvalue weighted by Gasteiger charge is -2.26. The predicted octanol–water partition coefficient (Wildman–Crippen LogP) is 2.53. The number of aryl methyl sites for hydroxylation is 1. The Balaban J connectivity index is 1.46. The highest BCUT2D eigenvalue weighted by Gasteiger charge is 2.34. The van der Waals surface area contributed by atoms with Crippen molar-refractivity contribution in [1.82, 2.24) is 14.5 Å². The Bertz CT molecular complexity index is 1270. The predicted molar refractivity (Wildman–Crippen MR) is 121 cm³/mol. The van der Waals surface area contributed by atoms with Crippen LogP contribution in [0.4, 0.5) is 0 Å². The fraction of sp³-hybridized carbons (Fsp3) is 0.348. The van der Waals surface area contributed by atoms with Gasteiger partial charge in [0.15, 0.2) is 16.4 Å². The van der Waals surface area contributed by atoms with E-state index in [9.17, 15) is 18.0 Å². The van der Waals surface area contributed by atoms with Gasteiger partial charge in [0.25, 0.3) is 5.91 Å². The highest BCUT2D eigenvalue weighted by molar-refractivity contribution is 7.91. The summed E-state index contributed by atoms with van der Waals surface area (Å²) in [6.45, 7) is 3.60. The lowest BCUT2D eigenvalue weighted by atomic mass is 10.2. The maximum Gasteiger partial charge on any atom is 0.338 e. The van der Waals surface area contributed by atoms with Gasteiger partial charge in [0.05, 0.1) is 28.1 Å². The van der Waals surface area contributed by atoms with Gasteiger partial charge in [-0.2, -0.15) is 0 Å². The van der Waals surface area contributed by atoms with Crippen LogP contribution in [0.15, 0.2) is 48.5 Å². The molecule has 1 fully saturated rings. The van der Waals surface area contributed by atoms with E-state index in [1.165, 1.54) is 4.90 Å². The molecule has 1 atom stereocenters. The smallest absolute Gasteiger partial charge is 0.338 e. The molecule has 168 valence electrons. The molecule has 8 nitrogen and oxygen atoms in total. The van der Waals surface area contributed by atoms with Gasteiger partial charge >= 0.3 is 5.97 Å². The van der Waals surface area contributed by atoms with E-state index < -0.39 is 28.3 Å². The summed E-state index contributed by atoms with van der Waals surface area (Å²) in [5.74, 6) is -0.191. The number of rotatable bonds is 6. The van der Waals surface area contributed by atoms with Crippen LogP contribution in [-0.4, -0.2) is 65.4 Å². The van der Waals surface area contributed by atoms with Gasteiger partial charge in [-0.3, -0.25) is 9.36 Å². The van der Waals surface area contributed by atoms with E-state index in [2.05, 4.69) is 4.98 Å². The summed E-state index contributed by atoms with van der Waals surface area (Å²) in [7, 11) is -3.11. The summed E-state index contributed by atoms with van der Waals surface area (Å²) in [6, 6.07) is 14.5. The molecule has 1 saturated heterocycles. The molecular weight excluding hydrogens is 430 g/mol. The minimum Gasteiger partial charge on any atom is -0.452 e. The monoisotopic (exact) mass is 455 g/mol. The topological polar surface area (TPSA) is 98.6 Å². The van der Waals surface area contributed by atoms with E-state index in [1.54, 1.807) is 19.1 Å². The van der Waals surface area contributed by atoms with Gasteiger partial charge in [-0.25, -0.2) is 18.2 Å². The molecule has 1 aliphatic rings. The molecule has 9 heteroatoms. The fourth-order valence-electron chi connectivity index (χ4n) is 4.18. The van der Waals surface area contributed by atoms with Crippen LogP contribution < -0.4 is 0 Å². The molecule has 0 radical (unpaired) electrons. The second-order valence-electron chi connectivity index (χ2n) is 7.85. The summed E-state index contributed by atoms with van der Waals surface area (Å²) >= 11 is 0. The molecule has 0 N–H and O–H groups in total. The average molecular weight is 456 g/mol. The van der Waals surface area contributed by atoms with E-state index in [-0.39, 0.29) is 17.5 Å². The number of hydrogen-bond donors (Lipinski definition) is 0. The second kappa shape index (κ2) is 8.74.